The summed E-state index contributed by atoms with van der Waals surface area (Å²) in [5.74, 6) is 1.43. The summed E-state index contributed by atoms with van der Waals surface area (Å²) in [4.78, 5) is 0. The molecule has 0 aromatic heterocycles. The molecule has 1 aliphatic rings. The molecule has 0 saturated heterocycles. The Bertz CT molecular complexity index is 1230. The van der Waals surface area contributed by atoms with Crippen LogP contribution in [0.1, 0.15) is 22.3 Å². The van der Waals surface area contributed by atoms with Crippen LogP contribution in [0.5, 0.6) is 11.5 Å². The van der Waals surface area contributed by atoms with Crippen molar-refractivity contribution in [1.29, 1.82) is 0 Å². The molecule has 6 heteroatoms. The van der Waals surface area contributed by atoms with E-state index in [0.29, 0.717) is 11.5 Å². The molecule has 0 aliphatic heterocycles. The van der Waals surface area contributed by atoms with E-state index in [2.05, 4.69) is 92.5 Å². The topological polar surface area (TPSA) is 58.9 Å². The summed E-state index contributed by atoms with van der Waals surface area (Å²) < 4.78 is 13.3. The van der Waals surface area contributed by atoms with Gasteiger partial charge in [-0.3, -0.25) is 0 Å². The van der Waals surface area contributed by atoms with Crippen LogP contribution in [0.3, 0.4) is 0 Å². The summed E-state index contributed by atoms with van der Waals surface area (Å²) in [6.45, 7) is 0.453. The second-order valence-corrected chi connectivity index (χ2v) is 10.2. The van der Waals surface area contributed by atoms with Gasteiger partial charge in [0, 0.05) is 8.95 Å². The molecule has 35 heavy (non-hydrogen) atoms. The van der Waals surface area contributed by atoms with Crippen molar-refractivity contribution in [3.05, 3.63) is 116 Å². The van der Waals surface area contributed by atoms with E-state index in [1.165, 1.54) is 22.3 Å². The Morgan fingerprint density at radius 1 is 0.571 bits per heavy atom. The first-order chi connectivity index (χ1) is 17.1. The van der Waals surface area contributed by atoms with E-state index in [-0.39, 0.29) is 26.4 Å². The van der Waals surface area contributed by atoms with Gasteiger partial charge in [0.15, 0.2) is 0 Å². The Morgan fingerprint density at radius 3 is 1.34 bits per heavy atom. The van der Waals surface area contributed by atoms with Gasteiger partial charge in [-0.15, -0.1) is 0 Å². The quantitative estimate of drug-likeness (QED) is 0.220. The minimum absolute atomic E-state index is 0.0286. The van der Waals surface area contributed by atoms with Crippen molar-refractivity contribution < 1.29 is 19.7 Å². The Kier molecular flexibility index (Phi) is 6.98. The zero-order valence-corrected chi connectivity index (χ0v) is 22.1. The Hall–Kier alpha value is -2.64. The fourth-order valence-corrected chi connectivity index (χ4v) is 5.71. The van der Waals surface area contributed by atoms with Crippen LogP contribution in [0, 0.1) is 0 Å². The van der Waals surface area contributed by atoms with Crippen molar-refractivity contribution in [3.8, 4) is 22.6 Å². The van der Waals surface area contributed by atoms with Crippen molar-refractivity contribution in [3.63, 3.8) is 0 Å². The van der Waals surface area contributed by atoms with E-state index < -0.39 is 5.41 Å². The van der Waals surface area contributed by atoms with Crippen molar-refractivity contribution in [2.75, 3.05) is 26.4 Å². The Balaban J connectivity index is 1.77. The highest BCUT2D eigenvalue weighted by Gasteiger charge is 2.46. The Labute approximate surface area is 221 Å². The fourth-order valence-electron chi connectivity index (χ4n) is 4.99. The summed E-state index contributed by atoms with van der Waals surface area (Å²) in [6.07, 6.45) is 0. The Morgan fingerprint density at radius 2 is 0.971 bits per heavy atom. The van der Waals surface area contributed by atoms with E-state index in [1.54, 1.807) is 0 Å². The summed E-state index contributed by atoms with van der Waals surface area (Å²) in [7, 11) is 0. The molecule has 0 fully saturated rings. The minimum atomic E-state index is -0.566. The molecule has 0 spiro atoms. The number of hydrogen-bond acceptors (Lipinski definition) is 4. The molecule has 0 heterocycles. The predicted octanol–water partition coefficient (Wildman–Crippen LogP) is 6.32. The zero-order valence-electron chi connectivity index (χ0n) is 18.9. The first-order valence-electron chi connectivity index (χ1n) is 11.4. The summed E-state index contributed by atoms with van der Waals surface area (Å²) in [5.41, 5.74) is 6.40. The number of ether oxygens (including phenoxy) is 2. The highest BCUT2D eigenvalue weighted by Crippen LogP contribution is 2.57. The van der Waals surface area contributed by atoms with Crippen LogP contribution in [0.25, 0.3) is 11.1 Å². The van der Waals surface area contributed by atoms with E-state index in [1.807, 2.05) is 24.3 Å². The molecule has 0 unspecified atom stereocenters. The molecular weight excluding hydrogens is 572 g/mol. The summed E-state index contributed by atoms with van der Waals surface area (Å²) in [6, 6.07) is 29.1. The molecular formula is C29H24Br2O4. The third kappa shape index (κ3) is 4.29. The number of benzene rings is 4. The third-order valence-electron chi connectivity index (χ3n) is 6.36. The SMILES string of the molecule is OCCOc1ccc(C2(c3ccc(OCCO)cc3)c3cc(Br)ccc3-c3ccc(Br)cc32)cc1. The highest BCUT2D eigenvalue weighted by atomic mass is 79.9. The van der Waals surface area contributed by atoms with Gasteiger partial charge in [-0.25, -0.2) is 0 Å². The van der Waals surface area contributed by atoms with Gasteiger partial charge in [-0.1, -0.05) is 68.3 Å². The van der Waals surface area contributed by atoms with Gasteiger partial charge in [0.05, 0.1) is 18.6 Å². The van der Waals surface area contributed by atoms with Crippen LogP contribution in [-0.2, 0) is 5.41 Å². The van der Waals surface area contributed by atoms with E-state index in [0.717, 1.165) is 20.1 Å². The van der Waals surface area contributed by atoms with Crippen LogP contribution >= 0.6 is 31.9 Å². The predicted molar refractivity (Wildman–Crippen MR) is 144 cm³/mol. The van der Waals surface area contributed by atoms with Crippen LogP contribution in [0.4, 0.5) is 0 Å². The first-order valence-corrected chi connectivity index (χ1v) is 13.0. The molecule has 178 valence electrons. The largest absolute Gasteiger partial charge is 0.491 e. The maximum atomic E-state index is 9.13. The van der Waals surface area contributed by atoms with Crippen molar-refractivity contribution in [2.24, 2.45) is 0 Å². The molecule has 2 N–H and O–H groups in total. The molecule has 1 aliphatic carbocycles. The van der Waals surface area contributed by atoms with Crippen LogP contribution in [0.15, 0.2) is 93.9 Å². The summed E-state index contributed by atoms with van der Waals surface area (Å²) >= 11 is 7.41. The zero-order chi connectivity index (χ0) is 24.4. The standard InChI is InChI=1S/C29H24Br2O4/c30-21-5-11-25-26-12-6-22(31)18-28(26)29(27(25)17-21,19-1-7-23(8-2-19)34-15-13-32)20-3-9-24(10-4-20)35-16-14-33/h1-12,17-18,32-33H,13-16H2. The first kappa shape index (κ1) is 24.1. The molecule has 0 bridgehead atoms. The smallest absolute Gasteiger partial charge is 0.119 e. The maximum Gasteiger partial charge on any atom is 0.119 e. The number of hydrogen-bond donors (Lipinski definition) is 2. The van der Waals surface area contributed by atoms with Crippen LogP contribution < -0.4 is 9.47 Å². The second kappa shape index (κ2) is 10.2. The number of fused-ring (bicyclic) bond motifs is 3. The monoisotopic (exact) mass is 594 g/mol. The van der Waals surface area contributed by atoms with Gasteiger partial charge in [-0.05, 0) is 81.9 Å². The van der Waals surface area contributed by atoms with Crippen molar-refractivity contribution >= 4 is 31.9 Å². The average Bonchev–Trinajstić information content (AvgIpc) is 3.16. The van der Waals surface area contributed by atoms with Gasteiger partial charge >= 0.3 is 0 Å². The molecule has 4 nitrogen and oxygen atoms in total. The molecule has 5 rings (SSSR count). The molecule has 0 radical (unpaired) electrons. The lowest BCUT2D eigenvalue weighted by Crippen LogP contribution is -2.28. The van der Waals surface area contributed by atoms with Gasteiger partial charge in [0.1, 0.15) is 24.7 Å². The van der Waals surface area contributed by atoms with Crippen LogP contribution in [-0.4, -0.2) is 36.6 Å². The number of aliphatic hydroxyl groups excluding tert-OH is 2. The molecule has 4 aromatic rings. The highest BCUT2D eigenvalue weighted by molar-refractivity contribution is 9.10. The fraction of sp³-hybridized carbons (Fsp3) is 0.172. The number of aliphatic hydroxyl groups is 2. The van der Waals surface area contributed by atoms with Gasteiger partial charge in [0.25, 0.3) is 0 Å². The number of rotatable bonds is 8. The van der Waals surface area contributed by atoms with E-state index in [4.69, 9.17) is 19.7 Å². The van der Waals surface area contributed by atoms with Gasteiger partial charge < -0.3 is 19.7 Å². The third-order valence-corrected chi connectivity index (χ3v) is 7.34. The lowest BCUT2D eigenvalue weighted by Gasteiger charge is -2.34. The lowest BCUT2D eigenvalue weighted by molar-refractivity contribution is 0.201. The van der Waals surface area contributed by atoms with Gasteiger partial charge in [0.2, 0.25) is 0 Å². The summed E-state index contributed by atoms with van der Waals surface area (Å²) in [5, 5.41) is 18.3. The molecule has 0 saturated carbocycles. The second-order valence-electron chi connectivity index (χ2n) is 8.32. The minimum Gasteiger partial charge on any atom is -0.491 e. The van der Waals surface area contributed by atoms with Crippen molar-refractivity contribution in [2.45, 2.75) is 5.41 Å². The molecule has 4 aromatic carbocycles. The molecule has 0 amide bonds. The van der Waals surface area contributed by atoms with Gasteiger partial charge in [-0.2, -0.15) is 0 Å². The van der Waals surface area contributed by atoms with E-state index in [9.17, 15) is 0 Å². The van der Waals surface area contributed by atoms with E-state index >= 15 is 0 Å². The molecule has 0 atom stereocenters. The average molecular weight is 596 g/mol. The number of halogens is 2. The maximum absolute atomic E-state index is 9.13. The normalized spacial score (nSPS) is 13.3. The van der Waals surface area contributed by atoms with Crippen molar-refractivity contribution in [1.82, 2.24) is 0 Å². The lowest BCUT2D eigenvalue weighted by atomic mass is 9.67. The van der Waals surface area contributed by atoms with Crippen LogP contribution in [0.2, 0.25) is 0 Å².